The number of imide groups is 1. The number of carbonyl (C=O) groups is 3. The van der Waals surface area contributed by atoms with Crippen LogP contribution < -0.4 is 14.8 Å². The summed E-state index contributed by atoms with van der Waals surface area (Å²) in [6.45, 7) is 3.84. The van der Waals surface area contributed by atoms with E-state index in [0.29, 0.717) is 15.8 Å². The minimum absolute atomic E-state index is 0.0564. The van der Waals surface area contributed by atoms with Crippen LogP contribution in [-0.2, 0) is 14.3 Å². The monoisotopic (exact) mass is 681 g/mol. The molecule has 1 aliphatic carbocycles. The van der Waals surface area contributed by atoms with E-state index in [0.717, 1.165) is 4.90 Å². The average molecular weight is 682 g/mol. The molecular formula is C31H32ClF4N5O6. The van der Waals surface area contributed by atoms with E-state index in [-0.39, 0.29) is 53.7 Å². The highest BCUT2D eigenvalue weighted by Crippen LogP contribution is 2.43. The third-order valence-corrected chi connectivity index (χ3v) is 8.28. The van der Waals surface area contributed by atoms with E-state index in [1.807, 2.05) is 0 Å². The number of benzene rings is 2. The predicted octanol–water partition coefficient (Wildman–Crippen LogP) is 6.40. The number of hydrogen-bond donors (Lipinski definition) is 1. The van der Waals surface area contributed by atoms with Crippen LogP contribution in [0.4, 0.5) is 33.9 Å². The molecule has 47 heavy (non-hydrogen) atoms. The Morgan fingerprint density at radius 2 is 1.77 bits per heavy atom. The number of aromatic nitrogens is 2. The van der Waals surface area contributed by atoms with Crippen LogP contribution in [0.3, 0.4) is 0 Å². The predicted molar refractivity (Wildman–Crippen MR) is 162 cm³/mol. The summed E-state index contributed by atoms with van der Waals surface area (Å²) in [6, 6.07) is 7.62. The van der Waals surface area contributed by atoms with Crippen LogP contribution in [-0.4, -0.2) is 81.3 Å². The maximum absolute atomic E-state index is 14.6. The molecule has 2 aromatic carbocycles. The zero-order valence-electron chi connectivity index (χ0n) is 25.9. The van der Waals surface area contributed by atoms with Crippen molar-refractivity contribution in [1.29, 1.82) is 0 Å². The van der Waals surface area contributed by atoms with Crippen LogP contribution >= 0.6 is 11.6 Å². The van der Waals surface area contributed by atoms with Gasteiger partial charge in [-0.15, -0.1) is 0 Å². The molecule has 2 heterocycles. The van der Waals surface area contributed by atoms with E-state index in [2.05, 4.69) is 15.3 Å². The van der Waals surface area contributed by atoms with E-state index in [4.69, 9.17) is 25.8 Å². The molecular weight excluding hydrogens is 650 g/mol. The third-order valence-electron chi connectivity index (χ3n) is 7.99. The molecule has 252 valence electrons. The van der Waals surface area contributed by atoms with Crippen molar-refractivity contribution in [3.8, 4) is 11.5 Å². The number of nitrogens with zero attached hydrogens (tertiary/aromatic N) is 4. The van der Waals surface area contributed by atoms with Gasteiger partial charge >= 0.3 is 18.2 Å². The molecule has 0 unspecified atom stereocenters. The Hall–Kier alpha value is -4.40. The highest BCUT2D eigenvalue weighted by atomic mass is 35.5. The number of rotatable bonds is 5. The van der Waals surface area contributed by atoms with Crippen molar-refractivity contribution in [2.24, 2.45) is 0 Å². The fourth-order valence-corrected chi connectivity index (χ4v) is 5.99. The van der Waals surface area contributed by atoms with Gasteiger partial charge in [0.15, 0.2) is 17.3 Å². The van der Waals surface area contributed by atoms with Crippen molar-refractivity contribution in [2.45, 2.75) is 69.9 Å². The van der Waals surface area contributed by atoms with Gasteiger partial charge in [0, 0.05) is 24.5 Å². The van der Waals surface area contributed by atoms with Crippen LogP contribution in [0, 0.1) is 5.82 Å². The first-order chi connectivity index (χ1) is 22.0. The summed E-state index contributed by atoms with van der Waals surface area (Å²) in [6.07, 6.45) is -5.87. The van der Waals surface area contributed by atoms with Gasteiger partial charge in [-0.05, 0) is 64.7 Å². The quantitative estimate of drug-likeness (QED) is 0.305. The van der Waals surface area contributed by atoms with Crippen LogP contribution in [0.1, 0.15) is 46.5 Å². The smallest absolute Gasteiger partial charge is 0.471 e. The lowest BCUT2D eigenvalue weighted by atomic mass is 9.76. The van der Waals surface area contributed by atoms with Gasteiger partial charge in [-0.25, -0.2) is 24.1 Å². The van der Waals surface area contributed by atoms with Crippen LogP contribution in [0.15, 0.2) is 36.7 Å². The summed E-state index contributed by atoms with van der Waals surface area (Å²) in [5.74, 6) is -3.00. The minimum Gasteiger partial charge on any atom is -0.493 e. The normalized spacial score (nSPS) is 20.4. The summed E-state index contributed by atoms with van der Waals surface area (Å²) in [7, 11) is 1.41. The van der Waals surface area contributed by atoms with Crippen LogP contribution in [0.25, 0.3) is 10.9 Å². The van der Waals surface area contributed by atoms with Crippen molar-refractivity contribution in [3.05, 3.63) is 47.5 Å². The Bertz CT molecular complexity index is 1710. The maximum Gasteiger partial charge on any atom is 0.471 e. The van der Waals surface area contributed by atoms with Crippen molar-refractivity contribution in [3.63, 3.8) is 0 Å². The molecule has 1 saturated carbocycles. The number of halogens is 5. The summed E-state index contributed by atoms with van der Waals surface area (Å²) in [5.41, 5.74) is -2.38. The van der Waals surface area contributed by atoms with E-state index in [9.17, 15) is 31.9 Å². The number of fused-ring (bicyclic) bond motifs is 1. The second kappa shape index (κ2) is 12.7. The Morgan fingerprint density at radius 3 is 2.40 bits per heavy atom. The first-order valence-electron chi connectivity index (χ1n) is 14.7. The van der Waals surface area contributed by atoms with E-state index < -0.39 is 60.2 Å². The Morgan fingerprint density at radius 1 is 1.06 bits per heavy atom. The molecule has 0 radical (unpaired) electrons. The van der Waals surface area contributed by atoms with Gasteiger partial charge in [-0.1, -0.05) is 17.7 Å². The van der Waals surface area contributed by atoms with Crippen LogP contribution in [0.2, 0.25) is 5.02 Å². The lowest BCUT2D eigenvalue weighted by Crippen LogP contribution is -2.71. The Balaban J connectivity index is 1.41. The number of piperazine rings is 1. The zero-order chi connectivity index (χ0) is 34.3. The van der Waals surface area contributed by atoms with Crippen molar-refractivity contribution < 1.29 is 46.2 Å². The lowest BCUT2D eigenvalue weighted by Gasteiger charge is -2.51. The van der Waals surface area contributed by atoms with Gasteiger partial charge in [0.25, 0.3) is 5.91 Å². The number of hydrogen-bond acceptors (Lipinski definition) is 9. The Labute approximate surface area is 272 Å². The largest absolute Gasteiger partial charge is 0.493 e. The zero-order valence-corrected chi connectivity index (χ0v) is 26.7. The molecule has 1 saturated heterocycles. The second-order valence-corrected chi connectivity index (χ2v) is 12.6. The van der Waals surface area contributed by atoms with Gasteiger partial charge in [0.05, 0.1) is 29.4 Å². The number of nitrogens with one attached hydrogen (secondary N) is 1. The molecule has 2 aliphatic rings. The fourth-order valence-electron chi connectivity index (χ4n) is 5.82. The molecule has 16 heteroatoms. The van der Waals surface area contributed by atoms with E-state index >= 15 is 0 Å². The lowest BCUT2D eigenvalue weighted by molar-refractivity contribution is -0.199. The van der Waals surface area contributed by atoms with Gasteiger partial charge in [-0.2, -0.15) is 13.2 Å². The molecule has 2 fully saturated rings. The molecule has 1 N–H and O–H groups in total. The number of carbonyl (C=O) groups excluding carboxylic acids is 3. The van der Waals surface area contributed by atoms with E-state index in [1.165, 1.54) is 25.6 Å². The minimum atomic E-state index is -5.23. The van der Waals surface area contributed by atoms with Crippen molar-refractivity contribution in [1.82, 2.24) is 19.8 Å². The Kier molecular flexibility index (Phi) is 9.14. The van der Waals surface area contributed by atoms with E-state index in [1.54, 1.807) is 39.0 Å². The molecule has 1 aromatic heterocycles. The SMILES string of the molecule is COc1cc2ncnc(Nc3cccc(Cl)c3F)c2cc1O[C@H]1CC[C@]2(CC1)C(=O)N(C(=O)OC(C)(C)C)CCN2C(=O)C(F)(F)F. The maximum atomic E-state index is 14.6. The topological polar surface area (TPSA) is 123 Å². The number of ether oxygens (including phenoxy) is 3. The number of anilines is 2. The number of methoxy groups -OCH3 is 1. The van der Waals surface area contributed by atoms with Gasteiger partial charge < -0.3 is 24.4 Å². The number of amides is 3. The second-order valence-electron chi connectivity index (χ2n) is 12.2. The first-order valence-corrected chi connectivity index (χ1v) is 15.1. The summed E-state index contributed by atoms with van der Waals surface area (Å²) < 4.78 is 72.8. The number of alkyl halides is 3. The van der Waals surface area contributed by atoms with Gasteiger partial charge in [0.1, 0.15) is 23.3 Å². The third kappa shape index (κ3) is 6.85. The molecule has 11 nitrogen and oxygen atoms in total. The first kappa shape index (κ1) is 33.9. The highest BCUT2D eigenvalue weighted by Gasteiger charge is 2.59. The molecule has 1 aliphatic heterocycles. The molecule has 0 atom stereocenters. The molecule has 5 rings (SSSR count). The summed E-state index contributed by atoms with van der Waals surface area (Å²) in [4.78, 5) is 49.0. The van der Waals surface area contributed by atoms with Gasteiger partial charge in [0.2, 0.25) is 0 Å². The van der Waals surface area contributed by atoms with Crippen LogP contribution in [0.5, 0.6) is 11.5 Å². The standard InChI is InChI=1S/C31H32ClF4N5O6/c1-29(2,3)47-28(44)40-12-13-41(27(43)31(34,35)36)30(26(40)42)10-8-17(9-11-30)46-23-14-18-21(15-22(23)45-4)37-16-38-25(18)39-20-7-5-6-19(32)24(20)33/h5-7,14-17H,8-13H2,1-4H3,(H,37,38,39)/t17-,30-. The van der Waals surface area contributed by atoms with Crippen molar-refractivity contribution in [2.75, 3.05) is 25.5 Å². The fraction of sp³-hybridized carbons (Fsp3) is 0.452. The molecule has 3 amide bonds. The highest BCUT2D eigenvalue weighted by molar-refractivity contribution is 6.31. The van der Waals surface area contributed by atoms with Gasteiger partial charge in [-0.3, -0.25) is 9.59 Å². The van der Waals surface area contributed by atoms with Crippen molar-refractivity contribution >= 4 is 51.9 Å². The summed E-state index contributed by atoms with van der Waals surface area (Å²) in [5, 5.41) is 3.26. The molecule has 1 spiro atoms. The average Bonchev–Trinajstić information content (AvgIpc) is 3.00. The molecule has 3 aromatic rings. The molecule has 0 bridgehead atoms. The summed E-state index contributed by atoms with van der Waals surface area (Å²) >= 11 is 5.92.